The number of benzene rings is 2. The summed E-state index contributed by atoms with van der Waals surface area (Å²) in [6.07, 6.45) is 16.4. The van der Waals surface area contributed by atoms with E-state index in [0.717, 1.165) is 33.4 Å². The molecule has 46 heavy (non-hydrogen) atoms. The van der Waals surface area contributed by atoms with E-state index in [9.17, 15) is 19.5 Å². The molecular weight excluding hydrogens is 576 g/mol. The van der Waals surface area contributed by atoms with Gasteiger partial charge in [0.2, 0.25) is 0 Å². The largest absolute Gasteiger partial charge is 0.508 e. The number of phenols is 1. The predicted molar refractivity (Wildman–Crippen MR) is 185 cm³/mol. The molecule has 2 aromatic rings. The van der Waals surface area contributed by atoms with Crippen molar-refractivity contribution >= 4 is 29.9 Å². The van der Waals surface area contributed by atoms with Crippen LogP contribution in [0.5, 0.6) is 11.5 Å². The zero-order valence-electron chi connectivity index (χ0n) is 27.6. The fourth-order valence-corrected chi connectivity index (χ4v) is 5.19. The van der Waals surface area contributed by atoms with Crippen LogP contribution in [0.3, 0.4) is 0 Å². The number of Topliss-reactive ketones (excluding diaryl/α,β-unsaturated/α-hetero) is 1. The van der Waals surface area contributed by atoms with Crippen LogP contribution >= 0.6 is 0 Å². The van der Waals surface area contributed by atoms with Crippen LogP contribution in [0.2, 0.25) is 0 Å². The lowest BCUT2D eigenvalue weighted by Crippen LogP contribution is -2.39. The molecule has 0 spiro atoms. The third kappa shape index (κ3) is 10.9. The highest BCUT2D eigenvalue weighted by molar-refractivity contribution is 6.01. The Kier molecular flexibility index (Phi) is 12.6. The minimum absolute atomic E-state index is 0.173. The van der Waals surface area contributed by atoms with Crippen LogP contribution in [-0.2, 0) is 19.1 Å². The topological polar surface area (TPSA) is 89.9 Å². The predicted octanol–water partition coefficient (Wildman–Crippen LogP) is 8.97. The third-order valence-corrected chi connectivity index (χ3v) is 7.57. The highest BCUT2D eigenvalue weighted by Gasteiger charge is 2.39. The summed E-state index contributed by atoms with van der Waals surface area (Å²) in [5.41, 5.74) is 5.91. The van der Waals surface area contributed by atoms with Crippen molar-refractivity contribution in [1.29, 1.82) is 0 Å². The lowest BCUT2D eigenvalue weighted by atomic mass is 9.71. The molecule has 0 fully saturated rings. The van der Waals surface area contributed by atoms with E-state index in [2.05, 4.69) is 6.58 Å². The Balaban J connectivity index is 1.52. The number of hydrogen-bond donors (Lipinski definition) is 1. The number of carbonyl (C=O) groups excluding carboxylic acids is 3. The van der Waals surface area contributed by atoms with E-state index in [-0.39, 0.29) is 24.4 Å². The normalized spacial score (nSPS) is 17.3. The van der Waals surface area contributed by atoms with Crippen molar-refractivity contribution in [2.45, 2.75) is 66.9 Å². The van der Waals surface area contributed by atoms with Crippen molar-refractivity contribution in [3.05, 3.63) is 131 Å². The Bertz CT molecular complexity index is 1620. The van der Waals surface area contributed by atoms with Crippen LogP contribution in [0.1, 0.15) is 70.6 Å². The van der Waals surface area contributed by atoms with Gasteiger partial charge in [-0.15, -0.1) is 0 Å². The molecule has 6 nitrogen and oxygen atoms in total. The van der Waals surface area contributed by atoms with E-state index < -0.39 is 23.5 Å². The van der Waals surface area contributed by atoms with E-state index in [1.54, 1.807) is 49.4 Å². The first-order valence-electron chi connectivity index (χ1n) is 15.3. The van der Waals surface area contributed by atoms with E-state index in [1.165, 1.54) is 0 Å². The Morgan fingerprint density at radius 2 is 1.57 bits per heavy atom. The molecule has 1 atom stereocenters. The number of rotatable bonds is 12. The van der Waals surface area contributed by atoms with Crippen molar-refractivity contribution < 1.29 is 29.0 Å². The number of aromatic hydroxyl groups is 1. The standard InChI is InChI=1S/C40H44O6/c1-8-10-27(2)11-9-12-28(3)13-20-35-30(5)39(44)36(26-40(35,6)7)46-38(43)22-21-37(42)45-34-18-16-31(17-19-34)14-15-32-23-29(4)24-33(41)25-32/h8-20,23-25,36,41H,1,21-22,26H2,2-7H3/b11-9+,15-14+,20-13+,27-10+,28-12+. The molecule has 1 aliphatic carbocycles. The highest BCUT2D eigenvalue weighted by atomic mass is 16.5. The summed E-state index contributed by atoms with van der Waals surface area (Å²) in [5.74, 6) is -0.850. The van der Waals surface area contributed by atoms with Gasteiger partial charge in [0.15, 0.2) is 11.9 Å². The molecule has 0 heterocycles. The summed E-state index contributed by atoms with van der Waals surface area (Å²) in [6, 6.07) is 12.3. The van der Waals surface area contributed by atoms with Crippen LogP contribution in [0.15, 0.2) is 114 Å². The maximum atomic E-state index is 13.2. The van der Waals surface area contributed by atoms with Gasteiger partial charge in [-0.1, -0.05) is 104 Å². The minimum atomic E-state index is -0.903. The van der Waals surface area contributed by atoms with E-state index in [1.807, 2.05) is 89.3 Å². The van der Waals surface area contributed by atoms with Gasteiger partial charge in [-0.2, -0.15) is 0 Å². The van der Waals surface area contributed by atoms with Gasteiger partial charge in [0.1, 0.15) is 11.5 Å². The lowest BCUT2D eigenvalue weighted by molar-refractivity contribution is -0.157. The van der Waals surface area contributed by atoms with Gasteiger partial charge >= 0.3 is 11.9 Å². The molecule has 2 aromatic carbocycles. The van der Waals surface area contributed by atoms with Crippen LogP contribution in [-0.4, -0.2) is 28.9 Å². The lowest BCUT2D eigenvalue weighted by Gasteiger charge is -2.36. The summed E-state index contributed by atoms with van der Waals surface area (Å²) < 4.78 is 10.9. The molecule has 6 heteroatoms. The zero-order chi connectivity index (χ0) is 33.9. The second-order valence-corrected chi connectivity index (χ2v) is 12.2. The molecule has 240 valence electrons. The van der Waals surface area contributed by atoms with Crippen molar-refractivity contribution in [2.24, 2.45) is 5.41 Å². The highest BCUT2D eigenvalue weighted by Crippen LogP contribution is 2.41. The number of hydrogen-bond acceptors (Lipinski definition) is 6. The summed E-state index contributed by atoms with van der Waals surface area (Å²) in [5, 5.41) is 9.76. The Labute approximate surface area is 272 Å². The average molecular weight is 621 g/mol. The van der Waals surface area contributed by atoms with Crippen molar-refractivity contribution in [3.63, 3.8) is 0 Å². The third-order valence-electron chi connectivity index (χ3n) is 7.57. The smallest absolute Gasteiger partial charge is 0.311 e. The number of ketones is 1. The fraction of sp³-hybridized carbons (Fsp3) is 0.275. The number of esters is 2. The van der Waals surface area contributed by atoms with Gasteiger partial charge in [0, 0.05) is 6.42 Å². The molecule has 0 radical (unpaired) electrons. The summed E-state index contributed by atoms with van der Waals surface area (Å²) in [4.78, 5) is 38.2. The van der Waals surface area contributed by atoms with E-state index >= 15 is 0 Å². The van der Waals surface area contributed by atoms with Gasteiger partial charge < -0.3 is 14.6 Å². The zero-order valence-corrected chi connectivity index (χ0v) is 27.6. The molecule has 1 N–H and O–H groups in total. The number of phenolic OH excluding ortho intramolecular Hbond substituents is 1. The second kappa shape index (κ2) is 16.4. The molecule has 0 aliphatic heterocycles. The summed E-state index contributed by atoms with van der Waals surface area (Å²) in [7, 11) is 0. The average Bonchev–Trinajstić information content (AvgIpc) is 2.98. The van der Waals surface area contributed by atoms with Gasteiger partial charge in [0.05, 0.1) is 12.8 Å². The first-order valence-corrected chi connectivity index (χ1v) is 15.3. The Hall–Kier alpha value is -4.97. The molecule has 0 bridgehead atoms. The summed E-state index contributed by atoms with van der Waals surface area (Å²) >= 11 is 0. The Morgan fingerprint density at radius 1 is 0.913 bits per heavy atom. The van der Waals surface area contributed by atoms with E-state index in [0.29, 0.717) is 17.7 Å². The monoisotopic (exact) mass is 620 g/mol. The van der Waals surface area contributed by atoms with Crippen LogP contribution < -0.4 is 4.74 Å². The van der Waals surface area contributed by atoms with Gasteiger partial charge in [-0.25, -0.2) is 0 Å². The number of aryl methyl sites for hydroxylation is 1. The molecule has 0 saturated heterocycles. The van der Waals surface area contributed by atoms with Gasteiger partial charge in [-0.3, -0.25) is 14.4 Å². The first-order chi connectivity index (χ1) is 21.8. The SMILES string of the molecule is C=C/C=C(C)/C=C/C=C(C)/C=C/C1=C(C)C(=O)C(OC(=O)CCC(=O)Oc2ccc(/C=C/c3cc(C)cc(O)c3)cc2)CC1(C)C. The summed E-state index contributed by atoms with van der Waals surface area (Å²) in [6.45, 7) is 15.4. The number of ether oxygens (including phenoxy) is 2. The van der Waals surface area contributed by atoms with Crippen molar-refractivity contribution in [3.8, 4) is 11.5 Å². The molecule has 1 aliphatic rings. The quantitative estimate of drug-likeness (QED) is 0.110. The van der Waals surface area contributed by atoms with Crippen molar-refractivity contribution in [1.82, 2.24) is 0 Å². The van der Waals surface area contributed by atoms with Gasteiger partial charge in [-0.05, 0) is 85.2 Å². The molecule has 0 amide bonds. The molecule has 3 rings (SSSR count). The minimum Gasteiger partial charge on any atom is -0.508 e. The second-order valence-electron chi connectivity index (χ2n) is 12.2. The van der Waals surface area contributed by atoms with Crippen LogP contribution in [0, 0.1) is 12.3 Å². The molecule has 1 unspecified atom stereocenters. The van der Waals surface area contributed by atoms with E-state index in [4.69, 9.17) is 9.47 Å². The maximum absolute atomic E-state index is 13.2. The number of carbonyl (C=O) groups is 3. The Morgan fingerprint density at radius 3 is 2.24 bits per heavy atom. The number of allylic oxidation sites excluding steroid dienone is 10. The molecule has 0 aromatic heterocycles. The first kappa shape index (κ1) is 35.5. The van der Waals surface area contributed by atoms with Crippen molar-refractivity contribution in [2.75, 3.05) is 0 Å². The maximum Gasteiger partial charge on any atom is 0.311 e. The molecule has 0 saturated carbocycles. The molecular formula is C40H44O6. The van der Waals surface area contributed by atoms with Crippen LogP contribution in [0.25, 0.3) is 12.2 Å². The van der Waals surface area contributed by atoms with Crippen LogP contribution in [0.4, 0.5) is 0 Å². The van der Waals surface area contributed by atoms with Gasteiger partial charge in [0.25, 0.3) is 0 Å². The fourth-order valence-electron chi connectivity index (χ4n) is 5.19.